The number of amidine groups is 1. The number of rotatable bonds is 4. The molecule has 2 aromatic rings. The Balaban J connectivity index is 1.56. The summed E-state index contributed by atoms with van der Waals surface area (Å²) >= 11 is 0. The zero-order chi connectivity index (χ0) is 24.2. The highest BCUT2D eigenvalue weighted by Crippen LogP contribution is 2.28. The van der Waals surface area contributed by atoms with Gasteiger partial charge in [-0.15, -0.1) is 0 Å². The second kappa shape index (κ2) is 9.87. The van der Waals surface area contributed by atoms with Crippen LogP contribution < -0.4 is 5.32 Å². The number of piperidine rings is 1. The van der Waals surface area contributed by atoms with E-state index in [1.807, 2.05) is 42.0 Å². The Kier molecular flexibility index (Phi) is 6.72. The quantitative estimate of drug-likeness (QED) is 0.642. The number of nitrogens with one attached hydrogen (secondary N) is 1. The van der Waals surface area contributed by atoms with Gasteiger partial charge in [0.15, 0.2) is 0 Å². The van der Waals surface area contributed by atoms with Gasteiger partial charge in [0.2, 0.25) is 0 Å². The monoisotopic (exact) mass is 458 g/mol. The van der Waals surface area contributed by atoms with Gasteiger partial charge in [-0.05, 0) is 55.7 Å². The fourth-order valence-corrected chi connectivity index (χ4v) is 4.22. The highest BCUT2D eigenvalue weighted by molar-refractivity contribution is 6.02. The van der Waals surface area contributed by atoms with Gasteiger partial charge in [-0.3, -0.25) is 9.79 Å². The van der Waals surface area contributed by atoms with E-state index in [1.54, 1.807) is 36.4 Å². The van der Waals surface area contributed by atoms with Crippen LogP contribution >= 0.6 is 0 Å². The number of nitrogens with zero attached hydrogens (tertiary/aromatic N) is 3. The number of hydrogen-bond donors (Lipinski definition) is 3. The minimum absolute atomic E-state index is 0.0657. The van der Waals surface area contributed by atoms with Gasteiger partial charge < -0.3 is 25.3 Å². The summed E-state index contributed by atoms with van der Waals surface area (Å²) in [4.78, 5) is 21.6. The van der Waals surface area contributed by atoms with Crippen molar-refractivity contribution >= 4 is 17.4 Å². The first-order valence-electron chi connectivity index (χ1n) is 11.4. The molecule has 7 nitrogen and oxygen atoms in total. The molecule has 4 rings (SSSR count). The average Bonchev–Trinajstić information content (AvgIpc) is 2.85. The van der Waals surface area contributed by atoms with Crippen LogP contribution in [-0.4, -0.2) is 57.9 Å². The maximum Gasteiger partial charge on any atom is 0.253 e. The summed E-state index contributed by atoms with van der Waals surface area (Å²) in [6, 6.07) is 13.7. The summed E-state index contributed by atoms with van der Waals surface area (Å²) in [6.07, 6.45) is 5.22. The van der Waals surface area contributed by atoms with E-state index in [9.17, 15) is 15.0 Å². The molecular weight excluding hydrogens is 428 g/mol. The number of amides is 1. The second-order valence-corrected chi connectivity index (χ2v) is 8.56. The van der Waals surface area contributed by atoms with Gasteiger partial charge in [0.05, 0.1) is 11.7 Å². The molecule has 0 saturated carbocycles. The number of likely N-dealkylation sites (tertiary alicyclic amines) is 1. The molecule has 34 heavy (non-hydrogen) atoms. The van der Waals surface area contributed by atoms with Gasteiger partial charge >= 0.3 is 0 Å². The molecule has 0 atom stereocenters. The third kappa shape index (κ3) is 4.83. The maximum absolute atomic E-state index is 12.8. The van der Waals surface area contributed by atoms with Crippen LogP contribution in [0.25, 0.3) is 5.70 Å². The second-order valence-electron chi connectivity index (χ2n) is 8.56. The molecule has 2 heterocycles. The van der Waals surface area contributed by atoms with E-state index in [4.69, 9.17) is 4.99 Å². The molecule has 1 fully saturated rings. The lowest BCUT2D eigenvalue weighted by Crippen LogP contribution is -2.42. The number of aromatic hydroxyl groups is 2. The number of phenols is 2. The molecule has 0 radical (unpaired) electrons. The number of hydrogen-bond acceptors (Lipinski definition) is 5. The van der Waals surface area contributed by atoms with Crippen molar-refractivity contribution in [1.29, 1.82) is 0 Å². The van der Waals surface area contributed by atoms with E-state index in [0.717, 1.165) is 35.8 Å². The molecular formula is C27H30N4O3. The van der Waals surface area contributed by atoms with Crippen LogP contribution in [0, 0.1) is 0 Å². The van der Waals surface area contributed by atoms with E-state index < -0.39 is 0 Å². The SMILES string of the molecule is C=C/C(C)=C1/NC(c2ccccc2O)=CC(=NC2CCN(C(=O)c3cccc(O)c3)CC2)N1C. The molecule has 0 bridgehead atoms. The van der Waals surface area contributed by atoms with Crippen molar-refractivity contribution in [1.82, 2.24) is 15.1 Å². The Morgan fingerprint density at radius 3 is 2.56 bits per heavy atom. The van der Waals surface area contributed by atoms with Gasteiger partial charge in [0, 0.05) is 37.3 Å². The molecule has 0 aliphatic carbocycles. The van der Waals surface area contributed by atoms with Crippen molar-refractivity contribution in [3.63, 3.8) is 0 Å². The summed E-state index contributed by atoms with van der Waals surface area (Å²) in [6.45, 7) is 7.07. The average molecular weight is 459 g/mol. The first-order valence-corrected chi connectivity index (χ1v) is 11.4. The van der Waals surface area contributed by atoms with Crippen LogP contribution in [0.2, 0.25) is 0 Å². The Hall–Kier alpha value is -4.00. The van der Waals surface area contributed by atoms with Gasteiger partial charge in [-0.1, -0.05) is 30.9 Å². The zero-order valence-corrected chi connectivity index (χ0v) is 19.5. The fourth-order valence-electron chi connectivity index (χ4n) is 4.22. The Morgan fingerprint density at radius 2 is 1.88 bits per heavy atom. The number of carbonyl (C=O) groups is 1. The molecule has 3 N–H and O–H groups in total. The van der Waals surface area contributed by atoms with Crippen molar-refractivity contribution in [2.75, 3.05) is 20.1 Å². The minimum atomic E-state index is -0.0745. The summed E-state index contributed by atoms with van der Waals surface area (Å²) in [5.41, 5.74) is 2.92. The van der Waals surface area contributed by atoms with Crippen molar-refractivity contribution in [2.24, 2.45) is 4.99 Å². The number of phenolic OH excluding ortho intramolecular Hbond substituents is 2. The highest BCUT2D eigenvalue weighted by atomic mass is 16.3. The Morgan fingerprint density at radius 1 is 1.15 bits per heavy atom. The first kappa shape index (κ1) is 23.2. The van der Waals surface area contributed by atoms with Gasteiger partial charge in [-0.25, -0.2) is 0 Å². The lowest BCUT2D eigenvalue weighted by atomic mass is 10.0. The van der Waals surface area contributed by atoms with Crippen LogP contribution in [0.3, 0.4) is 0 Å². The van der Waals surface area contributed by atoms with Crippen molar-refractivity contribution in [2.45, 2.75) is 25.8 Å². The molecule has 0 aromatic heterocycles. The largest absolute Gasteiger partial charge is 0.508 e. The van der Waals surface area contributed by atoms with Crippen LogP contribution in [0.1, 0.15) is 35.7 Å². The summed E-state index contributed by atoms with van der Waals surface area (Å²) < 4.78 is 0. The molecule has 1 amide bonds. The third-order valence-corrected chi connectivity index (χ3v) is 6.24. The number of para-hydroxylation sites is 1. The fraction of sp³-hybridized carbons (Fsp3) is 0.259. The molecule has 2 aromatic carbocycles. The summed E-state index contributed by atoms with van der Waals surface area (Å²) in [7, 11) is 1.95. The number of benzene rings is 2. The molecule has 0 spiro atoms. The van der Waals surface area contributed by atoms with E-state index in [1.165, 1.54) is 6.07 Å². The summed E-state index contributed by atoms with van der Waals surface area (Å²) in [5.74, 6) is 1.85. The topological polar surface area (TPSA) is 88.4 Å². The molecule has 176 valence electrons. The van der Waals surface area contributed by atoms with E-state index >= 15 is 0 Å². The molecule has 7 heteroatoms. The van der Waals surface area contributed by atoms with E-state index in [0.29, 0.717) is 24.2 Å². The number of carbonyl (C=O) groups excluding carboxylic acids is 1. The summed E-state index contributed by atoms with van der Waals surface area (Å²) in [5, 5.41) is 23.5. The van der Waals surface area contributed by atoms with E-state index in [2.05, 4.69) is 11.9 Å². The van der Waals surface area contributed by atoms with Crippen LogP contribution in [0.15, 0.2) is 83.6 Å². The van der Waals surface area contributed by atoms with Gasteiger partial charge in [-0.2, -0.15) is 0 Å². The lowest BCUT2D eigenvalue weighted by molar-refractivity contribution is 0.0714. The number of aliphatic imine (C=N–C) groups is 1. The molecule has 0 unspecified atom stereocenters. The van der Waals surface area contributed by atoms with Crippen LogP contribution in [0.5, 0.6) is 11.5 Å². The van der Waals surface area contributed by atoms with E-state index in [-0.39, 0.29) is 23.4 Å². The maximum atomic E-state index is 12.8. The van der Waals surface area contributed by atoms with Crippen molar-refractivity contribution in [3.8, 4) is 11.5 Å². The first-order chi connectivity index (χ1) is 16.4. The Labute approximate surface area is 200 Å². The van der Waals surface area contributed by atoms with Crippen LogP contribution in [-0.2, 0) is 0 Å². The molecule has 1 saturated heterocycles. The van der Waals surface area contributed by atoms with Gasteiger partial charge in [0.1, 0.15) is 23.2 Å². The normalized spacial score (nSPS) is 19.5. The predicted molar refractivity (Wildman–Crippen MR) is 134 cm³/mol. The number of likely N-dealkylation sites (N-methyl/N-ethyl adjacent to an activating group) is 1. The zero-order valence-electron chi connectivity index (χ0n) is 19.5. The lowest BCUT2D eigenvalue weighted by Gasteiger charge is -2.34. The van der Waals surface area contributed by atoms with Crippen molar-refractivity contribution in [3.05, 3.63) is 89.8 Å². The predicted octanol–water partition coefficient (Wildman–Crippen LogP) is 4.09. The van der Waals surface area contributed by atoms with Gasteiger partial charge in [0.25, 0.3) is 5.91 Å². The highest BCUT2D eigenvalue weighted by Gasteiger charge is 2.26. The van der Waals surface area contributed by atoms with Crippen LogP contribution in [0.4, 0.5) is 0 Å². The standard InChI is InChI=1S/C27H30N4O3/c1-4-18(2)26-29-23(22-10-5-6-11-24(22)33)17-25(30(26)3)28-20-12-14-31(15-13-20)27(34)19-8-7-9-21(32)16-19/h4-11,16-17,20,29,32-33H,1,12-15H2,2-3H3/b26-18-,28-25?. The smallest absolute Gasteiger partial charge is 0.253 e. The van der Waals surface area contributed by atoms with Crippen molar-refractivity contribution < 1.29 is 15.0 Å². The minimum Gasteiger partial charge on any atom is -0.508 e. The third-order valence-electron chi connectivity index (χ3n) is 6.24. The molecule has 2 aliphatic heterocycles. The number of allylic oxidation sites excluding steroid dienone is 2. The molecule has 2 aliphatic rings. The Bertz CT molecular complexity index is 1190.